The van der Waals surface area contributed by atoms with Crippen LogP contribution in [0.1, 0.15) is 12.0 Å². The number of aromatic nitrogens is 1. The minimum atomic E-state index is -0.605. The lowest BCUT2D eigenvalue weighted by atomic mass is 10.2. The number of nitrogen functional groups attached to an aromatic ring is 1. The molecule has 0 fully saturated rings. The van der Waals surface area contributed by atoms with Crippen LogP contribution < -0.4 is 20.1 Å². The van der Waals surface area contributed by atoms with Crippen molar-refractivity contribution < 1.29 is 18.8 Å². The topological polar surface area (TPSA) is 104 Å². The molecule has 0 aliphatic heterocycles. The summed E-state index contributed by atoms with van der Waals surface area (Å²) in [5, 5.41) is 11.5. The van der Waals surface area contributed by atoms with E-state index < -0.39 is 10.7 Å². The van der Waals surface area contributed by atoms with Gasteiger partial charge in [-0.05, 0) is 24.1 Å². The third kappa shape index (κ3) is 5.93. The fraction of sp³-hybridized carbons (Fsp3) is 0.250. The molecule has 0 unspecified atom stereocenters. The standard InChI is InChI=1S/C20H23FN4O4/c1-4-6-8-29-18-12-17(19(25(26)27)20(22)23-18)24(3)13-14-9-15(21)11-16(10-14)28-7-5-2/h4-5,9-12H,1-2,6-8,13H2,3H3,(H2,22,23). The highest BCUT2D eigenvalue weighted by atomic mass is 19.1. The highest BCUT2D eigenvalue weighted by molar-refractivity contribution is 5.73. The van der Waals surface area contributed by atoms with Crippen LogP contribution in [-0.2, 0) is 6.54 Å². The molecule has 0 aliphatic rings. The molecular weight excluding hydrogens is 379 g/mol. The molecule has 8 nitrogen and oxygen atoms in total. The Hall–Kier alpha value is -3.62. The van der Waals surface area contributed by atoms with Crippen LogP contribution in [0.2, 0.25) is 0 Å². The molecule has 154 valence electrons. The fourth-order valence-electron chi connectivity index (χ4n) is 2.63. The summed E-state index contributed by atoms with van der Waals surface area (Å²) in [6.07, 6.45) is 3.81. The molecular formula is C20H23FN4O4. The number of pyridine rings is 1. The van der Waals surface area contributed by atoms with Gasteiger partial charge >= 0.3 is 5.69 Å². The maximum atomic E-state index is 13.9. The van der Waals surface area contributed by atoms with Crippen LogP contribution in [0.3, 0.4) is 0 Å². The Bertz CT molecular complexity index is 904. The van der Waals surface area contributed by atoms with Gasteiger partial charge in [0.15, 0.2) is 0 Å². The number of hydrogen-bond donors (Lipinski definition) is 1. The summed E-state index contributed by atoms with van der Waals surface area (Å²) in [5.74, 6) is -0.245. The van der Waals surface area contributed by atoms with Gasteiger partial charge in [-0.15, -0.1) is 6.58 Å². The highest BCUT2D eigenvalue weighted by Gasteiger charge is 2.24. The number of nitrogens with zero attached hydrogens (tertiary/aromatic N) is 3. The molecule has 1 heterocycles. The molecule has 0 bridgehead atoms. The van der Waals surface area contributed by atoms with Gasteiger partial charge in [-0.1, -0.05) is 18.7 Å². The number of benzene rings is 1. The Morgan fingerprint density at radius 3 is 2.69 bits per heavy atom. The molecule has 1 aromatic carbocycles. The number of nitro groups is 1. The fourth-order valence-corrected chi connectivity index (χ4v) is 2.63. The molecule has 0 spiro atoms. The summed E-state index contributed by atoms with van der Waals surface area (Å²) in [7, 11) is 1.63. The Labute approximate surface area is 168 Å². The summed E-state index contributed by atoms with van der Waals surface area (Å²) < 4.78 is 24.8. The predicted molar refractivity (Wildman–Crippen MR) is 110 cm³/mol. The van der Waals surface area contributed by atoms with E-state index in [1.54, 1.807) is 30.2 Å². The van der Waals surface area contributed by atoms with Crippen molar-refractivity contribution in [2.24, 2.45) is 0 Å². The predicted octanol–water partition coefficient (Wildman–Crippen LogP) is 3.87. The normalized spacial score (nSPS) is 10.3. The average Bonchev–Trinajstić information content (AvgIpc) is 2.65. The number of hydrogen-bond acceptors (Lipinski definition) is 7. The third-order valence-electron chi connectivity index (χ3n) is 3.86. The molecule has 0 amide bonds. The van der Waals surface area contributed by atoms with Gasteiger partial charge in [0.2, 0.25) is 11.7 Å². The van der Waals surface area contributed by atoms with Crippen molar-refractivity contribution in [1.82, 2.24) is 4.98 Å². The molecule has 0 aliphatic carbocycles. The van der Waals surface area contributed by atoms with Crippen molar-refractivity contribution >= 4 is 17.2 Å². The van der Waals surface area contributed by atoms with E-state index in [1.165, 1.54) is 18.2 Å². The zero-order valence-electron chi connectivity index (χ0n) is 16.1. The van der Waals surface area contributed by atoms with Gasteiger partial charge in [0, 0.05) is 25.7 Å². The molecule has 0 saturated carbocycles. The Morgan fingerprint density at radius 1 is 1.28 bits per heavy atom. The van der Waals surface area contributed by atoms with Crippen LogP contribution >= 0.6 is 0 Å². The Balaban J connectivity index is 2.34. The number of anilines is 2. The zero-order valence-corrected chi connectivity index (χ0v) is 16.1. The minimum Gasteiger partial charge on any atom is -0.489 e. The molecule has 0 radical (unpaired) electrons. The quantitative estimate of drug-likeness (QED) is 0.263. The molecule has 29 heavy (non-hydrogen) atoms. The molecule has 2 rings (SSSR count). The zero-order chi connectivity index (χ0) is 21.4. The molecule has 2 aromatic rings. The first-order valence-electron chi connectivity index (χ1n) is 8.78. The van der Waals surface area contributed by atoms with E-state index in [9.17, 15) is 14.5 Å². The second-order valence-corrected chi connectivity index (χ2v) is 6.15. The first kappa shape index (κ1) is 21.7. The van der Waals surface area contributed by atoms with Gasteiger partial charge < -0.3 is 20.1 Å². The minimum absolute atomic E-state index is 0.158. The van der Waals surface area contributed by atoms with Gasteiger partial charge in [0.25, 0.3) is 0 Å². The van der Waals surface area contributed by atoms with Gasteiger partial charge in [-0.3, -0.25) is 10.1 Å². The van der Waals surface area contributed by atoms with Crippen LogP contribution in [0.4, 0.5) is 21.6 Å². The van der Waals surface area contributed by atoms with Gasteiger partial charge in [-0.2, -0.15) is 4.98 Å². The summed E-state index contributed by atoms with van der Waals surface area (Å²) in [6.45, 7) is 7.86. The van der Waals surface area contributed by atoms with Crippen molar-refractivity contribution in [3.63, 3.8) is 0 Å². The van der Waals surface area contributed by atoms with Crippen LogP contribution in [0.25, 0.3) is 0 Å². The van der Waals surface area contributed by atoms with Gasteiger partial charge in [0.1, 0.15) is 23.9 Å². The maximum Gasteiger partial charge on any atom is 0.334 e. The van der Waals surface area contributed by atoms with Crippen molar-refractivity contribution in [3.05, 3.63) is 71.1 Å². The molecule has 2 N–H and O–H groups in total. The average molecular weight is 402 g/mol. The lowest BCUT2D eigenvalue weighted by Gasteiger charge is -2.21. The van der Waals surface area contributed by atoms with Crippen LogP contribution in [-0.4, -0.2) is 30.2 Å². The molecule has 0 atom stereocenters. The first-order chi connectivity index (χ1) is 13.8. The number of ether oxygens (including phenoxy) is 2. The smallest absolute Gasteiger partial charge is 0.334 e. The molecule has 0 saturated heterocycles. The summed E-state index contributed by atoms with van der Waals surface area (Å²) in [6, 6.07) is 5.67. The van der Waals surface area contributed by atoms with Crippen LogP contribution in [0.15, 0.2) is 49.6 Å². The molecule has 9 heteroatoms. The Morgan fingerprint density at radius 2 is 2.03 bits per heavy atom. The number of halogens is 1. The van der Waals surface area contributed by atoms with Crippen molar-refractivity contribution in [1.29, 1.82) is 0 Å². The van der Waals surface area contributed by atoms with E-state index in [0.717, 1.165) is 0 Å². The van der Waals surface area contributed by atoms with E-state index in [4.69, 9.17) is 15.2 Å². The van der Waals surface area contributed by atoms with E-state index in [2.05, 4.69) is 18.1 Å². The lowest BCUT2D eigenvalue weighted by molar-refractivity contribution is -0.383. The summed E-state index contributed by atoms with van der Waals surface area (Å²) in [4.78, 5) is 16.4. The van der Waals surface area contributed by atoms with Gasteiger partial charge in [-0.25, -0.2) is 4.39 Å². The second kappa shape index (κ2) is 10.1. The van der Waals surface area contributed by atoms with Crippen LogP contribution in [0.5, 0.6) is 11.6 Å². The Kier molecular flexibility index (Phi) is 7.53. The SMILES string of the molecule is C=CCCOc1cc(N(C)Cc2cc(F)cc(OCC=C)c2)c([N+](=O)[O-])c(N)n1. The van der Waals surface area contributed by atoms with E-state index >= 15 is 0 Å². The summed E-state index contributed by atoms with van der Waals surface area (Å²) in [5.41, 5.74) is 6.21. The number of nitrogens with two attached hydrogens (primary N) is 1. The summed E-state index contributed by atoms with van der Waals surface area (Å²) >= 11 is 0. The number of rotatable bonds is 11. The van der Waals surface area contributed by atoms with Crippen molar-refractivity contribution in [2.45, 2.75) is 13.0 Å². The van der Waals surface area contributed by atoms with Crippen LogP contribution in [0, 0.1) is 15.9 Å². The maximum absolute atomic E-state index is 13.9. The lowest BCUT2D eigenvalue weighted by Crippen LogP contribution is -2.19. The molecule has 1 aromatic heterocycles. The highest BCUT2D eigenvalue weighted by Crippen LogP contribution is 2.36. The third-order valence-corrected chi connectivity index (χ3v) is 3.86. The van der Waals surface area contributed by atoms with Crippen molar-refractivity contribution in [3.8, 4) is 11.6 Å². The monoisotopic (exact) mass is 402 g/mol. The van der Waals surface area contributed by atoms with Crippen molar-refractivity contribution in [2.75, 3.05) is 30.9 Å². The van der Waals surface area contributed by atoms with E-state index in [-0.39, 0.29) is 36.2 Å². The van der Waals surface area contributed by atoms with E-state index in [1.807, 2.05) is 0 Å². The van der Waals surface area contributed by atoms with Gasteiger partial charge in [0.05, 0.1) is 11.5 Å². The van der Waals surface area contributed by atoms with E-state index in [0.29, 0.717) is 24.3 Å². The second-order valence-electron chi connectivity index (χ2n) is 6.15. The largest absolute Gasteiger partial charge is 0.489 e. The first-order valence-corrected chi connectivity index (χ1v) is 8.78.